The number of carbonyl (C=O) groups excluding carboxylic acids is 1. The van der Waals surface area contributed by atoms with Crippen molar-refractivity contribution >= 4 is 11.8 Å². The van der Waals surface area contributed by atoms with Gasteiger partial charge in [0.1, 0.15) is 11.4 Å². The molecule has 0 radical (unpaired) electrons. The van der Waals surface area contributed by atoms with E-state index in [-0.39, 0.29) is 6.01 Å². The van der Waals surface area contributed by atoms with Gasteiger partial charge in [-0.25, -0.2) is 9.78 Å². The minimum Gasteiger partial charge on any atom is -0.444 e. The van der Waals surface area contributed by atoms with Crippen LogP contribution in [-0.2, 0) is 4.74 Å². The van der Waals surface area contributed by atoms with Gasteiger partial charge in [-0.1, -0.05) is 6.07 Å². The molecule has 0 atom stereocenters. The fourth-order valence-electron chi connectivity index (χ4n) is 2.37. The fourth-order valence-corrected chi connectivity index (χ4v) is 2.37. The molecule has 0 fully saturated rings. The second-order valence-electron chi connectivity index (χ2n) is 7.18. The third-order valence-corrected chi connectivity index (χ3v) is 3.63. The molecule has 1 amide bonds. The van der Waals surface area contributed by atoms with E-state index in [1.807, 2.05) is 45.9 Å². The van der Waals surface area contributed by atoms with Crippen LogP contribution >= 0.6 is 0 Å². The van der Waals surface area contributed by atoms with Gasteiger partial charge in [0, 0.05) is 35.9 Å². The number of aromatic nitrogens is 3. The van der Waals surface area contributed by atoms with Crippen molar-refractivity contribution in [1.82, 2.24) is 15.0 Å². The van der Waals surface area contributed by atoms with E-state index in [1.165, 1.54) is 0 Å². The molecule has 7 nitrogen and oxygen atoms in total. The molecular formula is C21H22N4O3. The predicted molar refractivity (Wildman–Crippen MR) is 106 cm³/mol. The molecular weight excluding hydrogens is 356 g/mol. The smallest absolute Gasteiger partial charge is 0.412 e. The highest BCUT2D eigenvalue weighted by Gasteiger charge is 2.16. The van der Waals surface area contributed by atoms with Crippen LogP contribution in [0.3, 0.4) is 0 Å². The molecule has 0 bridgehead atoms. The number of nitrogens with zero attached hydrogens (tertiary/aromatic N) is 3. The van der Waals surface area contributed by atoms with E-state index in [2.05, 4.69) is 20.3 Å². The standard InChI is InChI=1S/C21H22N4O3/c1-14-7-8-16(24-20(26)28-21(2,3)4)12-18(14)27-19-23-11-9-17(25-19)15-6-5-10-22-13-15/h5-13H,1-4H3,(H,24,26). The zero-order valence-electron chi connectivity index (χ0n) is 16.3. The largest absolute Gasteiger partial charge is 0.444 e. The van der Waals surface area contributed by atoms with E-state index >= 15 is 0 Å². The minimum atomic E-state index is -0.575. The maximum atomic E-state index is 12.0. The van der Waals surface area contributed by atoms with E-state index in [0.717, 1.165) is 11.1 Å². The lowest BCUT2D eigenvalue weighted by Gasteiger charge is -2.20. The Bertz CT molecular complexity index is 969. The molecule has 144 valence electrons. The highest BCUT2D eigenvalue weighted by molar-refractivity contribution is 5.85. The molecule has 3 aromatic rings. The van der Waals surface area contributed by atoms with Crippen LogP contribution in [0.2, 0.25) is 0 Å². The topological polar surface area (TPSA) is 86.2 Å². The maximum absolute atomic E-state index is 12.0. The average Bonchev–Trinajstić information content (AvgIpc) is 2.64. The molecule has 28 heavy (non-hydrogen) atoms. The molecule has 1 N–H and O–H groups in total. The Morgan fingerprint density at radius 1 is 1.11 bits per heavy atom. The van der Waals surface area contributed by atoms with Crippen molar-refractivity contribution in [3.8, 4) is 23.0 Å². The van der Waals surface area contributed by atoms with E-state index in [9.17, 15) is 4.79 Å². The maximum Gasteiger partial charge on any atom is 0.412 e. The number of nitrogens with one attached hydrogen (secondary N) is 1. The molecule has 3 rings (SSSR count). The van der Waals surface area contributed by atoms with Crippen LogP contribution in [0.1, 0.15) is 26.3 Å². The van der Waals surface area contributed by atoms with Crippen molar-refractivity contribution in [2.45, 2.75) is 33.3 Å². The molecule has 0 aliphatic carbocycles. The van der Waals surface area contributed by atoms with Crippen molar-refractivity contribution in [3.63, 3.8) is 0 Å². The summed E-state index contributed by atoms with van der Waals surface area (Å²) in [6.07, 6.45) is 4.53. The summed E-state index contributed by atoms with van der Waals surface area (Å²) >= 11 is 0. The third kappa shape index (κ3) is 5.26. The predicted octanol–water partition coefficient (Wildman–Crippen LogP) is 4.99. The zero-order valence-corrected chi connectivity index (χ0v) is 16.3. The van der Waals surface area contributed by atoms with E-state index in [1.54, 1.807) is 36.8 Å². The Balaban J connectivity index is 1.78. The lowest BCUT2D eigenvalue weighted by Crippen LogP contribution is -2.27. The minimum absolute atomic E-state index is 0.207. The number of hydrogen-bond donors (Lipinski definition) is 1. The van der Waals surface area contributed by atoms with Crippen molar-refractivity contribution in [3.05, 3.63) is 60.6 Å². The van der Waals surface area contributed by atoms with Crippen LogP contribution in [0.4, 0.5) is 10.5 Å². The van der Waals surface area contributed by atoms with Crippen molar-refractivity contribution in [1.29, 1.82) is 0 Å². The normalized spacial score (nSPS) is 11.0. The van der Waals surface area contributed by atoms with Crippen LogP contribution in [0.15, 0.2) is 55.0 Å². The van der Waals surface area contributed by atoms with Gasteiger partial charge in [0.15, 0.2) is 0 Å². The summed E-state index contributed by atoms with van der Waals surface area (Å²) in [4.78, 5) is 24.7. The van der Waals surface area contributed by atoms with Crippen LogP contribution in [0, 0.1) is 6.92 Å². The first kappa shape index (κ1) is 19.3. The van der Waals surface area contributed by atoms with Gasteiger partial charge >= 0.3 is 12.1 Å². The van der Waals surface area contributed by atoms with Gasteiger partial charge < -0.3 is 9.47 Å². The molecule has 0 aliphatic rings. The molecule has 2 heterocycles. The Kier molecular flexibility index (Phi) is 5.54. The van der Waals surface area contributed by atoms with Gasteiger partial charge in [0.05, 0.1) is 5.69 Å². The van der Waals surface area contributed by atoms with Crippen LogP contribution in [0.5, 0.6) is 11.8 Å². The molecule has 1 aromatic carbocycles. The van der Waals surface area contributed by atoms with E-state index in [4.69, 9.17) is 9.47 Å². The monoisotopic (exact) mass is 378 g/mol. The molecule has 2 aromatic heterocycles. The Labute approximate surface area is 163 Å². The van der Waals surface area contributed by atoms with Gasteiger partial charge in [-0.2, -0.15) is 4.98 Å². The third-order valence-electron chi connectivity index (χ3n) is 3.63. The number of rotatable bonds is 4. The zero-order chi connectivity index (χ0) is 20.1. The summed E-state index contributed by atoms with van der Waals surface area (Å²) in [5, 5.41) is 2.70. The molecule has 0 saturated heterocycles. The van der Waals surface area contributed by atoms with Crippen molar-refractivity contribution in [2.24, 2.45) is 0 Å². The Morgan fingerprint density at radius 2 is 1.93 bits per heavy atom. The van der Waals surface area contributed by atoms with Gasteiger partial charge in [0.25, 0.3) is 0 Å². The number of pyridine rings is 1. The first-order chi connectivity index (χ1) is 13.3. The summed E-state index contributed by atoms with van der Waals surface area (Å²) in [5.41, 5.74) is 2.43. The Morgan fingerprint density at radius 3 is 2.64 bits per heavy atom. The highest BCUT2D eigenvalue weighted by Crippen LogP contribution is 2.27. The number of carbonyl (C=O) groups is 1. The van der Waals surface area contributed by atoms with E-state index in [0.29, 0.717) is 17.1 Å². The number of anilines is 1. The molecule has 0 unspecified atom stereocenters. The van der Waals surface area contributed by atoms with Crippen molar-refractivity contribution < 1.29 is 14.3 Å². The number of benzene rings is 1. The lowest BCUT2D eigenvalue weighted by atomic mass is 10.2. The molecule has 0 spiro atoms. The highest BCUT2D eigenvalue weighted by atomic mass is 16.6. The van der Waals surface area contributed by atoms with Crippen molar-refractivity contribution in [2.75, 3.05) is 5.32 Å². The molecule has 0 saturated carbocycles. The summed E-state index contributed by atoms with van der Waals surface area (Å²) in [6, 6.07) is 11.1. The van der Waals surface area contributed by atoms with Gasteiger partial charge in [0.2, 0.25) is 0 Å². The summed E-state index contributed by atoms with van der Waals surface area (Å²) in [7, 11) is 0. The van der Waals surface area contributed by atoms with Gasteiger partial charge in [-0.05, 0) is 57.5 Å². The number of ether oxygens (including phenoxy) is 2. The molecule has 0 aliphatic heterocycles. The second-order valence-corrected chi connectivity index (χ2v) is 7.18. The number of amides is 1. The summed E-state index contributed by atoms with van der Waals surface area (Å²) in [5.74, 6) is 0.539. The summed E-state index contributed by atoms with van der Waals surface area (Å²) < 4.78 is 11.1. The Hall–Kier alpha value is -3.48. The summed E-state index contributed by atoms with van der Waals surface area (Å²) in [6.45, 7) is 7.33. The first-order valence-corrected chi connectivity index (χ1v) is 8.82. The van der Waals surface area contributed by atoms with Gasteiger partial charge in [-0.15, -0.1) is 0 Å². The lowest BCUT2D eigenvalue weighted by molar-refractivity contribution is 0.0636. The van der Waals surface area contributed by atoms with Crippen LogP contribution in [-0.4, -0.2) is 26.6 Å². The average molecular weight is 378 g/mol. The van der Waals surface area contributed by atoms with Gasteiger partial charge in [-0.3, -0.25) is 10.3 Å². The number of aryl methyl sites for hydroxylation is 1. The molecule has 7 heteroatoms. The van der Waals surface area contributed by atoms with Crippen LogP contribution in [0.25, 0.3) is 11.3 Å². The second kappa shape index (κ2) is 8.04. The van der Waals surface area contributed by atoms with E-state index < -0.39 is 11.7 Å². The quantitative estimate of drug-likeness (QED) is 0.688. The fraction of sp³-hybridized carbons (Fsp3) is 0.238. The van der Waals surface area contributed by atoms with Crippen LogP contribution < -0.4 is 10.1 Å². The first-order valence-electron chi connectivity index (χ1n) is 8.82. The number of hydrogen-bond acceptors (Lipinski definition) is 6. The SMILES string of the molecule is Cc1ccc(NC(=O)OC(C)(C)C)cc1Oc1nccc(-c2cccnc2)n1.